The molecule has 1 atom stereocenters. The van der Waals surface area contributed by atoms with Gasteiger partial charge in [-0.25, -0.2) is 0 Å². The van der Waals surface area contributed by atoms with Gasteiger partial charge in [-0.15, -0.1) is 23.5 Å². The predicted molar refractivity (Wildman–Crippen MR) is 70.4 cm³/mol. The zero-order valence-corrected chi connectivity index (χ0v) is 11.5. The molecule has 0 aliphatic rings. The molecule has 1 rings (SSSR count). The summed E-state index contributed by atoms with van der Waals surface area (Å²) >= 11 is 9.53. The Labute approximate surface area is 105 Å². The molecule has 15 heavy (non-hydrogen) atoms. The van der Waals surface area contributed by atoms with E-state index in [1.807, 2.05) is 18.6 Å². The molecule has 1 aromatic carbocycles. The van der Waals surface area contributed by atoms with Crippen molar-refractivity contribution in [2.24, 2.45) is 0 Å². The summed E-state index contributed by atoms with van der Waals surface area (Å²) in [6.45, 7) is 1.79. The summed E-state index contributed by atoms with van der Waals surface area (Å²) in [5.74, 6) is 0. The van der Waals surface area contributed by atoms with Crippen LogP contribution in [0.2, 0.25) is 5.02 Å². The lowest BCUT2D eigenvalue weighted by Crippen LogP contribution is -2.04. The first-order valence-electron chi connectivity index (χ1n) is 4.67. The second-order valence-corrected chi connectivity index (χ2v) is 5.44. The summed E-state index contributed by atoms with van der Waals surface area (Å²) in [4.78, 5) is 2.31. The largest absolute Gasteiger partial charge is 0.393 e. The molecule has 0 radical (unpaired) electrons. The highest BCUT2D eigenvalue weighted by Gasteiger charge is 2.09. The monoisotopic (exact) mass is 262 g/mol. The summed E-state index contributed by atoms with van der Waals surface area (Å²) in [6.07, 6.45) is 4.39. The van der Waals surface area contributed by atoms with E-state index in [0.717, 1.165) is 15.5 Å². The van der Waals surface area contributed by atoms with Gasteiger partial charge in [0.2, 0.25) is 0 Å². The molecule has 0 aromatic heterocycles. The quantitative estimate of drug-likeness (QED) is 0.836. The van der Waals surface area contributed by atoms with Gasteiger partial charge in [0.1, 0.15) is 0 Å². The van der Waals surface area contributed by atoms with E-state index in [0.29, 0.717) is 6.42 Å². The molecule has 0 amide bonds. The molecule has 0 fully saturated rings. The minimum atomic E-state index is -0.323. The average Bonchev–Trinajstić information content (AvgIpc) is 2.15. The van der Waals surface area contributed by atoms with Crippen LogP contribution in [0.5, 0.6) is 0 Å². The fraction of sp³-hybridized carbons (Fsp3) is 0.455. The number of halogens is 1. The molecule has 1 aromatic rings. The molecule has 0 aliphatic carbocycles. The van der Waals surface area contributed by atoms with Crippen molar-refractivity contribution in [3.63, 3.8) is 0 Å². The normalized spacial score (nSPS) is 12.9. The fourth-order valence-corrected chi connectivity index (χ4v) is 3.54. The van der Waals surface area contributed by atoms with Crippen LogP contribution in [0.4, 0.5) is 0 Å². The minimum absolute atomic E-state index is 0.323. The first-order valence-corrected chi connectivity index (χ1v) is 7.49. The number of benzene rings is 1. The Bertz CT molecular complexity index is 340. The van der Waals surface area contributed by atoms with E-state index in [1.54, 1.807) is 30.4 Å². The highest BCUT2D eigenvalue weighted by atomic mass is 35.5. The maximum Gasteiger partial charge on any atom is 0.0555 e. The van der Waals surface area contributed by atoms with E-state index in [4.69, 9.17) is 11.6 Å². The zero-order chi connectivity index (χ0) is 11.4. The van der Waals surface area contributed by atoms with Gasteiger partial charge in [0, 0.05) is 9.79 Å². The van der Waals surface area contributed by atoms with E-state index in [-0.39, 0.29) is 6.10 Å². The van der Waals surface area contributed by atoms with E-state index in [2.05, 4.69) is 6.07 Å². The average molecular weight is 263 g/mol. The summed E-state index contributed by atoms with van der Waals surface area (Å²) in [7, 11) is 0. The van der Waals surface area contributed by atoms with Crippen molar-refractivity contribution in [1.82, 2.24) is 0 Å². The summed E-state index contributed by atoms with van der Waals surface area (Å²) in [6, 6.07) is 4.05. The van der Waals surface area contributed by atoms with Crippen molar-refractivity contribution in [2.75, 3.05) is 12.5 Å². The van der Waals surface area contributed by atoms with Gasteiger partial charge in [0.25, 0.3) is 0 Å². The molecule has 0 bridgehead atoms. The molecule has 0 spiro atoms. The third-order valence-corrected chi connectivity index (χ3v) is 4.17. The smallest absolute Gasteiger partial charge is 0.0555 e. The Morgan fingerprint density at radius 1 is 1.33 bits per heavy atom. The Balaban J connectivity index is 3.08. The van der Waals surface area contributed by atoms with Crippen molar-refractivity contribution in [3.8, 4) is 0 Å². The Morgan fingerprint density at radius 3 is 2.47 bits per heavy atom. The van der Waals surface area contributed by atoms with Crippen molar-refractivity contribution in [2.45, 2.75) is 29.2 Å². The zero-order valence-electron chi connectivity index (χ0n) is 9.08. The predicted octanol–water partition coefficient (Wildman–Crippen LogP) is 3.71. The lowest BCUT2D eigenvalue weighted by atomic mass is 10.1. The number of rotatable bonds is 4. The van der Waals surface area contributed by atoms with Crippen LogP contribution in [0.3, 0.4) is 0 Å². The third-order valence-electron chi connectivity index (χ3n) is 2.02. The highest BCUT2D eigenvalue weighted by molar-refractivity contribution is 8.01. The van der Waals surface area contributed by atoms with Gasteiger partial charge in [0.05, 0.1) is 11.1 Å². The van der Waals surface area contributed by atoms with E-state index in [9.17, 15) is 5.11 Å². The van der Waals surface area contributed by atoms with Crippen LogP contribution in [-0.4, -0.2) is 23.7 Å². The number of hydrogen-bond acceptors (Lipinski definition) is 3. The molecule has 0 heterocycles. The minimum Gasteiger partial charge on any atom is -0.393 e. The van der Waals surface area contributed by atoms with Crippen LogP contribution < -0.4 is 0 Å². The molecule has 0 aliphatic heterocycles. The van der Waals surface area contributed by atoms with Gasteiger partial charge in [-0.2, -0.15) is 0 Å². The van der Waals surface area contributed by atoms with Gasteiger partial charge in [-0.1, -0.05) is 11.6 Å². The summed E-state index contributed by atoms with van der Waals surface area (Å²) < 4.78 is 0. The Kier molecular flexibility index (Phi) is 5.33. The van der Waals surface area contributed by atoms with E-state index in [1.165, 1.54) is 4.90 Å². The van der Waals surface area contributed by atoms with Gasteiger partial charge >= 0.3 is 0 Å². The lowest BCUT2D eigenvalue weighted by Gasteiger charge is -2.11. The maximum atomic E-state index is 9.33. The summed E-state index contributed by atoms with van der Waals surface area (Å²) in [5.41, 5.74) is 1.09. The number of thioether (sulfide) groups is 2. The fourth-order valence-electron chi connectivity index (χ4n) is 1.43. The number of aliphatic hydroxyl groups is 1. The van der Waals surface area contributed by atoms with Gasteiger partial charge in [-0.05, 0) is 43.6 Å². The second-order valence-electron chi connectivity index (χ2n) is 3.37. The van der Waals surface area contributed by atoms with E-state index >= 15 is 0 Å². The molecule has 1 unspecified atom stereocenters. The Morgan fingerprint density at radius 2 is 2.00 bits per heavy atom. The molecule has 4 heteroatoms. The first kappa shape index (κ1) is 13.2. The number of hydrogen-bond donors (Lipinski definition) is 1. The van der Waals surface area contributed by atoms with Crippen LogP contribution in [0.15, 0.2) is 21.9 Å². The van der Waals surface area contributed by atoms with Crippen molar-refractivity contribution in [1.29, 1.82) is 0 Å². The maximum absolute atomic E-state index is 9.33. The third kappa shape index (κ3) is 3.59. The first-order chi connectivity index (χ1) is 7.08. The van der Waals surface area contributed by atoms with Crippen LogP contribution in [-0.2, 0) is 6.42 Å². The van der Waals surface area contributed by atoms with Crippen LogP contribution in [0.25, 0.3) is 0 Å². The number of aliphatic hydroxyl groups excluding tert-OH is 1. The van der Waals surface area contributed by atoms with Crippen molar-refractivity contribution < 1.29 is 5.11 Å². The SMILES string of the molecule is CSc1cc(CC(C)O)cc(Cl)c1SC. The Hall–Kier alpha value is 0.170. The topological polar surface area (TPSA) is 20.2 Å². The van der Waals surface area contributed by atoms with Gasteiger partial charge < -0.3 is 5.11 Å². The molecule has 1 N–H and O–H groups in total. The molecular formula is C11H15ClOS2. The molecule has 84 valence electrons. The van der Waals surface area contributed by atoms with Crippen molar-refractivity contribution in [3.05, 3.63) is 22.7 Å². The van der Waals surface area contributed by atoms with Gasteiger partial charge in [0.15, 0.2) is 0 Å². The van der Waals surface area contributed by atoms with E-state index < -0.39 is 0 Å². The van der Waals surface area contributed by atoms with Crippen LogP contribution in [0.1, 0.15) is 12.5 Å². The van der Waals surface area contributed by atoms with Gasteiger partial charge in [-0.3, -0.25) is 0 Å². The standard InChI is InChI=1S/C11H15ClOS2/c1-7(13)4-8-5-9(12)11(15-3)10(6-8)14-2/h5-7,13H,4H2,1-3H3. The molecular weight excluding hydrogens is 248 g/mol. The molecule has 0 saturated carbocycles. The van der Waals surface area contributed by atoms with Crippen LogP contribution in [0, 0.1) is 0 Å². The van der Waals surface area contributed by atoms with Crippen molar-refractivity contribution >= 4 is 35.1 Å². The van der Waals surface area contributed by atoms with Crippen LogP contribution >= 0.6 is 35.1 Å². The molecule has 1 nitrogen and oxygen atoms in total. The highest BCUT2D eigenvalue weighted by Crippen LogP contribution is 2.35. The second kappa shape index (κ2) is 6.04. The summed E-state index contributed by atoms with van der Waals surface area (Å²) in [5, 5.41) is 10.1. The lowest BCUT2D eigenvalue weighted by molar-refractivity contribution is 0.195. The molecule has 0 saturated heterocycles.